The first-order valence-electron chi connectivity index (χ1n) is 8.44. The van der Waals surface area contributed by atoms with Crippen molar-refractivity contribution in [1.29, 1.82) is 0 Å². The first-order chi connectivity index (χ1) is 10.1. The molecule has 0 amide bonds. The largest absolute Gasteiger partial charge is 0.370 e. The summed E-state index contributed by atoms with van der Waals surface area (Å²) in [7, 11) is 2.25. The minimum absolute atomic E-state index is 0.530. The molecule has 0 radical (unpaired) electrons. The van der Waals surface area contributed by atoms with E-state index in [4.69, 9.17) is 0 Å². The van der Waals surface area contributed by atoms with Crippen molar-refractivity contribution in [3.63, 3.8) is 0 Å². The van der Waals surface area contributed by atoms with Crippen molar-refractivity contribution >= 4 is 5.69 Å². The Morgan fingerprint density at radius 3 is 2.62 bits per heavy atom. The molecule has 2 saturated carbocycles. The van der Waals surface area contributed by atoms with E-state index in [9.17, 15) is 0 Å². The SMILES string of the molecule is CN(c1cnccc1CNC1CC1)C1CCC(C)(C)CC1. The van der Waals surface area contributed by atoms with Gasteiger partial charge in [0.25, 0.3) is 0 Å². The van der Waals surface area contributed by atoms with Crippen LogP contribution in [0.25, 0.3) is 0 Å². The topological polar surface area (TPSA) is 28.2 Å². The van der Waals surface area contributed by atoms with Crippen LogP contribution in [-0.4, -0.2) is 24.1 Å². The van der Waals surface area contributed by atoms with E-state index >= 15 is 0 Å². The molecule has 3 rings (SSSR count). The van der Waals surface area contributed by atoms with E-state index in [0.29, 0.717) is 11.5 Å². The van der Waals surface area contributed by atoms with Gasteiger partial charge in [-0.05, 0) is 55.6 Å². The summed E-state index contributed by atoms with van der Waals surface area (Å²) in [6.07, 6.45) is 11.9. The molecule has 3 heteroatoms. The summed E-state index contributed by atoms with van der Waals surface area (Å²) in [4.78, 5) is 6.84. The van der Waals surface area contributed by atoms with Crippen LogP contribution in [0.3, 0.4) is 0 Å². The highest BCUT2D eigenvalue weighted by atomic mass is 15.1. The third-order valence-electron chi connectivity index (χ3n) is 5.28. The Kier molecular flexibility index (Phi) is 4.21. The lowest BCUT2D eigenvalue weighted by atomic mass is 9.75. The number of hydrogen-bond donors (Lipinski definition) is 1. The second-order valence-electron chi connectivity index (χ2n) is 7.67. The van der Waals surface area contributed by atoms with Gasteiger partial charge in [-0.1, -0.05) is 13.8 Å². The average Bonchev–Trinajstić information content (AvgIpc) is 3.29. The van der Waals surface area contributed by atoms with Gasteiger partial charge in [-0.15, -0.1) is 0 Å². The number of anilines is 1. The molecule has 1 heterocycles. The number of rotatable bonds is 5. The van der Waals surface area contributed by atoms with E-state index in [1.54, 1.807) is 0 Å². The highest BCUT2D eigenvalue weighted by molar-refractivity contribution is 5.52. The molecule has 0 aromatic carbocycles. The Morgan fingerprint density at radius 2 is 1.95 bits per heavy atom. The maximum atomic E-state index is 4.36. The van der Waals surface area contributed by atoms with Crippen molar-refractivity contribution in [2.24, 2.45) is 5.41 Å². The third kappa shape index (κ3) is 3.76. The van der Waals surface area contributed by atoms with Gasteiger partial charge in [-0.3, -0.25) is 4.98 Å². The molecular formula is C18H29N3. The number of nitrogens with zero attached hydrogens (tertiary/aromatic N) is 2. The van der Waals surface area contributed by atoms with E-state index in [0.717, 1.165) is 12.6 Å². The molecule has 0 saturated heterocycles. The molecule has 0 aliphatic heterocycles. The molecule has 116 valence electrons. The Balaban J connectivity index is 1.67. The van der Waals surface area contributed by atoms with Gasteiger partial charge >= 0.3 is 0 Å². The number of hydrogen-bond acceptors (Lipinski definition) is 3. The lowest BCUT2D eigenvalue weighted by Crippen LogP contribution is -2.38. The first kappa shape index (κ1) is 14.8. The summed E-state index contributed by atoms with van der Waals surface area (Å²) >= 11 is 0. The van der Waals surface area contributed by atoms with E-state index in [1.165, 1.54) is 49.8 Å². The van der Waals surface area contributed by atoms with Crippen molar-refractivity contribution in [2.45, 2.75) is 71.0 Å². The highest BCUT2D eigenvalue weighted by Gasteiger charge is 2.29. The molecule has 21 heavy (non-hydrogen) atoms. The third-order valence-corrected chi connectivity index (χ3v) is 5.28. The number of nitrogens with one attached hydrogen (secondary N) is 1. The van der Waals surface area contributed by atoms with Crippen molar-refractivity contribution in [1.82, 2.24) is 10.3 Å². The molecule has 1 aromatic rings. The van der Waals surface area contributed by atoms with Gasteiger partial charge in [-0.25, -0.2) is 0 Å². The zero-order valence-corrected chi connectivity index (χ0v) is 13.7. The molecule has 2 aliphatic carbocycles. The lowest BCUT2D eigenvalue weighted by molar-refractivity contribution is 0.222. The van der Waals surface area contributed by atoms with Gasteiger partial charge in [0.1, 0.15) is 0 Å². The van der Waals surface area contributed by atoms with E-state index in [1.807, 2.05) is 12.4 Å². The summed E-state index contributed by atoms with van der Waals surface area (Å²) in [5, 5.41) is 3.63. The smallest absolute Gasteiger partial charge is 0.0598 e. The summed E-state index contributed by atoms with van der Waals surface area (Å²) in [5.41, 5.74) is 3.24. The minimum atomic E-state index is 0.530. The predicted octanol–water partition coefficient (Wildman–Crippen LogP) is 3.74. The van der Waals surface area contributed by atoms with E-state index < -0.39 is 0 Å². The Hall–Kier alpha value is -1.09. The quantitative estimate of drug-likeness (QED) is 0.894. The maximum Gasteiger partial charge on any atom is 0.0598 e. The fourth-order valence-corrected chi connectivity index (χ4v) is 3.39. The molecule has 0 atom stereocenters. The van der Waals surface area contributed by atoms with Crippen molar-refractivity contribution < 1.29 is 0 Å². The summed E-state index contributed by atoms with van der Waals surface area (Å²) < 4.78 is 0. The monoisotopic (exact) mass is 287 g/mol. The van der Waals surface area contributed by atoms with Gasteiger partial charge in [0.2, 0.25) is 0 Å². The lowest BCUT2D eigenvalue weighted by Gasteiger charge is -2.40. The fraction of sp³-hybridized carbons (Fsp3) is 0.722. The second-order valence-corrected chi connectivity index (χ2v) is 7.67. The normalized spacial score (nSPS) is 22.2. The van der Waals surface area contributed by atoms with Crippen LogP contribution in [-0.2, 0) is 6.54 Å². The van der Waals surface area contributed by atoms with Crippen LogP contribution >= 0.6 is 0 Å². The summed E-state index contributed by atoms with van der Waals surface area (Å²) in [6, 6.07) is 3.60. The van der Waals surface area contributed by atoms with Crippen LogP contribution in [0.15, 0.2) is 18.5 Å². The summed E-state index contributed by atoms with van der Waals surface area (Å²) in [5.74, 6) is 0. The van der Waals surface area contributed by atoms with Gasteiger partial charge in [0.15, 0.2) is 0 Å². The average molecular weight is 287 g/mol. The molecule has 1 N–H and O–H groups in total. The molecule has 0 bridgehead atoms. The number of aromatic nitrogens is 1. The van der Waals surface area contributed by atoms with Crippen LogP contribution < -0.4 is 10.2 Å². The number of pyridine rings is 1. The van der Waals surface area contributed by atoms with Crippen LogP contribution in [0.5, 0.6) is 0 Å². The van der Waals surface area contributed by atoms with Gasteiger partial charge in [-0.2, -0.15) is 0 Å². The predicted molar refractivity (Wildman–Crippen MR) is 88.5 cm³/mol. The van der Waals surface area contributed by atoms with Gasteiger partial charge in [0.05, 0.1) is 11.9 Å². The Morgan fingerprint density at radius 1 is 1.24 bits per heavy atom. The maximum absolute atomic E-state index is 4.36. The second kappa shape index (κ2) is 5.96. The zero-order valence-electron chi connectivity index (χ0n) is 13.7. The Bertz CT molecular complexity index is 469. The molecule has 2 aliphatic rings. The minimum Gasteiger partial charge on any atom is -0.370 e. The van der Waals surface area contributed by atoms with Crippen LogP contribution in [0.1, 0.15) is 57.9 Å². The van der Waals surface area contributed by atoms with Gasteiger partial charge in [0, 0.05) is 31.9 Å². The van der Waals surface area contributed by atoms with Crippen LogP contribution in [0.2, 0.25) is 0 Å². The molecule has 2 fully saturated rings. The van der Waals surface area contributed by atoms with Crippen LogP contribution in [0.4, 0.5) is 5.69 Å². The van der Waals surface area contributed by atoms with Crippen molar-refractivity contribution in [2.75, 3.05) is 11.9 Å². The zero-order chi connectivity index (χ0) is 14.9. The van der Waals surface area contributed by atoms with Crippen LogP contribution in [0, 0.1) is 5.41 Å². The fourth-order valence-electron chi connectivity index (χ4n) is 3.39. The molecular weight excluding hydrogens is 258 g/mol. The van der Waals surface area contributed by atoms with Crippen molar-refractivity contribution in [3.05, 3.63) is 24.0 Å². The van der Waals surface area contributed by atoms with Crippen molar-refractivity contribution in [3.8, 4) is 0 Å². The van der Waals surface area contributed by atoms with Gasteiger partial charge < -0.3 is 10.2 Å². The first-order valence-corrected chi connectivity index (χ1v) is 8.44. The van der Waals surface area contributed by atoms with E-state index in [2.05, 4.69) is 42.2 Å². The summed E-state index contributed by atoms with van der Waals surface area (Å²) in [6.45, 7) is 5.78. The molecule has 1 aromatic heterocycles. The highest BCUT2D eigenvalue weighted by Crippen LogP contribution is 2.38. The van der Waals surface area contributed by atoms with E-state index in [-0.39, 0.29) is 0 Å². The molecule has 3 nitrogen and oxygen atoms in total. The Labute approximate surface area is 129 Å². The standard InChI is InChI=1S/C18H29N3/c1-18(2)9-6-16(7-10-18)21(3)17-13-19-11-8-14(17)12-20-15-4-5-15/h8,11,13,15-16,20H,4-7,9-10,12H2,1-3H3. The molecule has 0 unspecified atom stereocenters. The molecule has 0 spiro atoms.